The number of hydrogen-bond acceptors (Lipinski definition) is 3. The number of piperidine rings is 1. The SMILES string of the molecule is O=C(c1cn[nH]c1-c1ccccc1)N1CCC(O)(c2ccccc2)CC1. The van der Waals surface area contributed by atoms with Gasteiger partial charge in [0.25, 0.3) is 5.91 Å². The molecule has 0 aliphatic carbocycles. The highest BCUT2D eigenvalue weighted by Gasteiger charge is 2.36. The van der Waals surface area contributed by atoms with Crippen LogP contribution >= 0.6 is 0 Å². The first-order chi connectivity index (χ1) is 12.7. The van der Waals surface area contributed by atoms with E-state index in [0.717, 1.165) is 16.8 Å². The van der Waals surface area contributed by atoms with Crippen LogP contribution in [-0.2, 0) is 5.60 Å². The van der Waals surface area contributed by atoms with E-state index in [9.17, 15) is 9.90 Å². The van der Waals surface area contributed by atoms with Gasteiger partial charge < -0.3 is 10.0 Å². The Morgan fingerprint density at radius 2 is 1.62 bits per heavy atom. The van der Waals surface area contributed by atoms with Crippen LogP contribution in [0, 0.1) is 0 Å². The molecule has 1 amide bonds. The summed E-state index contributed by atoms with van der Waals surface area (Å²) in [5.74, 6) is -0.0484. The molecule has 1 saturated heterocycles. The van der Waals surface area contributed by atoms with E-state index in [1.807, 2.05) is 60.7 Å². The molecule has 0 radical (unpaired) electrons. The number of carbonyl (C=O) groups excluding carboxylic acids is 1. The van der Waals surface area contributed by atoms with Crippen LogP contribution in [0.1, 0.15) is 28.8 Å². The summed E-state index contributed by atoms with van der Waals surface area (Å²) < 4.78 is 0. The van der Waals surface area contributed by atoms with E-state index < -0.39 is 5.60 Å². The maximum atomic E-state index is 13.0. The molecule has 0 unspecified atom stereocenters. The van der Waals surface area contributed by atoms with Crippen LogP contribution in [0.15, 0.2) is 66.9 Å². The number of benzene rings is 2. The lowest BCUT2D eigenvalue weighted by atomic mass is 9.84. The lowest BCUT2D eigenvalue weighted by Crippen LogP contribution is -2.45. The fraction of sp³-hybridized carbons (Fsp3) is 0.238. The molecule has 0 atom stereocenters. The fourth-order valence-electron chi connectivity index (χ4n) is 3.56. The third-order valence-corrected chi connectivity index (χ3v) is 5.12. The van der Waals surface area contributed by atoms with E-state index in [4.69, 9.17) is 0 Å². The molecule has 0 spiro atoms. The van der Waals surface area contributed by atoms with Gasteiger partial charge in [-0.2, -0.15) is 5.10 Å². The van der Waals surface area contributed by atoms with Gasteiger partial charge in [-0.15, -0.1) is 0 Å². The highest BCUT2D eigenvalue weighted by atomic mass is 16.3. The highest BCUT2D eigenvalue weighted by molar-refractivity contribution is 5.99. The molecule has 0 saturated carbocycles. The Morgan fingerprint density at radius 1 is 1.00 bits per heavy atom. The number of hydrogen-bond donors (Lipinski definition) is 2. The second kappa shape index (κ2) is 6.77. The number of nitrogens with zero attached hydrogens (tertiary/aromatic N) is 2. The highest BCUT2D eigenvalue weighted by Crippen LogP contribution is 2.33. The summed E-state index contributed by atoms with van der Waals surface area (Å²) in [6, 6.07) is 19.4. The summed E-state index contributed by atoms with van der Waals surface area (Å²) in [5, 5.41) is 18.0. The average molecular weight is 347 g/mol. The lowest BCUT2D eigenvalue weighted by molar-refractivity contribution is -0.0211. The Labute approximate surface area is 152 Å². The minimum atomic E-state index is -0.864. The third kappa shape index (κ3) is 3.02. The van der Waals surface area contributed by atoms with E-state index in [1.165, 1.54) is 0 Å². The van der Waals surface area contributed by atoms with Crippen LogP contribution < -0.4 is 0 Å². The number of amides is 1. The standard InChI is InChI=1S/C21H21N3O2/c25-20(18-15-22-23-19(18)16-7-3-1-4-8-16)24-13-11-21(26,12-14-24)17-9-5-2-6-10-17/h1-10,15,26H,11-14H2,(H,22,23). The van der Waals surface area contributed by atoms with E-state index in [0.29, 0.717) is 31.5 Å². The molecule has 2 heterocycles. The predicted molar refractivity (Wildman–Crippen MR) is 99.5 cm³/mol. The number of H-pyrrole nitrogens is 1. The van der Waals surface area contributed by atoms with Crippen LogP contribution in [-0.4, -0.2) is 39.2 Å². The molecule has 5 nitrogen and oxygen atoms in total. The smallest absolute Gasteiger partial charge is 0.257 e. The van der Waals surface area contributed by atoms with Gasteiger partial charge in [-0.3, -0.25) is 9.89 Å². The van der Waals surface area contributed by atoms with Gasteiger partial charge in [0.2, 0.25) is 0 Å². The van der Waals surface area contributed by atoms with E-state index >= 15 is 0 Å². The number of aliphatic hydroxyl groups is 1. The molecular formula is C21H21N3O2. The number of carbonyl (C=O) groups is 1. The molecule has 5 heteroatoms. The van der Waals surface area contributed by atoms with Crippen molar-refractivity contribution in [1.82, 2.24) is 15.1 Å². The zero-order chi connectivity index (χ0) is 18.0. The van der Waals surface area contributed by atoms with Crippen molar-refractivity contribution in [1.29, 1.82) is 0 Å². The van der Waals surface area contributed by atoms with Crippen LogP contribution in [0.2, 0.25) is 0 Å². The van der Waals surface area contributed by atoms with E-state index in [-0.39, 0.29) is 5.91 Å². The van der Waals surface area contributed by atoms with E-state index in [2.05, 4.69) is 10.2 Å². The largest absolute Gasteiger partial charge is 0.385 e. The number of nitrogens with one attached hydrogen (secondary N) is 1. The van der Waals surface area contributed by atoms with Gasteiger partial charge in [-0.25, -0.2) is 0 Å². The van der Waals surface area contributed by atoms with Crippen molar-refractivity contribution in [3.05, 3.63) is 78.0 Å². The van der Waals surface area contributed by atoms with Gasteiger partial charge >= 0.3 is 0 Å². The van der Waals surface area contributed by atoms with Crippen molar-refractivity contribution < 1.29 is 9.90 Å². The summed E-state index contributed by atoms with van der Waals surface area (Å²) in [4.78, 5) is 14.8. The van der Waals surface area contributed by atoms with Crippen LogP contribution in [0.5, 0.6) is 0 Å². The second-order valence-corrected chi connectivity index (χ2v) is 6.71. The number of aromatic nitrogens is 2. The summed E-state index contributed by atoms with van der Waals surface area (Å²) in [6.45, 7) is 1.03. The van der Waals surface area contributed by atoms with Crippen molar-refractivity contribution in [2.45, 2.75) is 18.4 Å². The summed E-state index contributed by atoms with van der Waals surface area (Å²) in [6.07, 6.45) is 2.64. The maximum Gasteiger partial charge on any atom is 0.257 e. The summed E-state index contributed by atoms with van der Waals surface area (Å²) >= 11 is 0. The first-order valence-corrected chi connectivity index (χ1v) is 8.83. The Bertz CT molecular complexity index is 882. The molecule has 4 rings (SSSR count). The van der Waals surface area contributed by atoms with Gasteiger partial charge in [0.05, 0.1) is 23.1 Å². The lowest BCUT2D eigenvalue weighted by Gasteiger charge is -2.38. The molecule has 1 aliphatic rings. The van der Waals surface area contributed by atoms with Crippen molar-refractivity contribution in [2.75, 3.05) is 13.1 Å². The Morgan fingerprint density at radius 3 is 2.27 bits per heavy atom. The molecule has 1 aliphatic heterocycles. The monoisotopic (exact) mass is 347 g/mol. The fourth-order valence-corrected chi connectivity index (χ4v) is 3.56. The third-order valence-electron chi connectivity index (χ3n) is 5.12. The normalized spacial score (nSPS) is 16.4. The second-order valence-electron chi connectivity index (χ2n) is 6.71. The molecule has 2 aromatic carbocycles. The van der Waals surface area contributed by atoms with Crippen LogP contribution in [0.3, 0.4) is 0 Å². The minimum absolute atomic E-state index is 0.0484. The molecule has 132 valence electrons. The topological polar surface area (TPSA) is 69.2 Å². The van der Waals surface area contributed by atoms with Gasteiger partial charge in [0, 0.05) is 18.7 Å². The molecule has 1 fully saturated rings. The predicted octanol–water partition coefficient (Wildman–Crippen LogP) is 3.20. The first kappa shape index (κ1) is 16.5. The summed E-state index contributed by atoms with van der Waals surface area (Å²) in [5.41, 5.74) is 2.30. The molecule has 0 bridgehead atoms. The Balaban J connectivity index is 1.51. The Kier molecular flexibility index (Phi) is 4.31. The van der Waals surface area contributed by atoms with Gasteiger partial charge in [0.1, 0.15) is 0 Å². The maximum absolute atomic E-state index is 13.0. The van der Waals surface area contributed by atoms with Crippen molar-refractivity contribution in [3.63, 3.8) is 0 Å². The van der Waals surface area contributed by atoms with Gasteiger partial charge in [0.15, 0.2) is 0 Å². The average Bonchev–Trinajstić information content (AvgIpc) is 3.19. The van der Waals surface area contributed by atoms with Gasteiger partial charge in [-0.1, -0.05) is 60.7 Å². The zero-order valence-electron chi connectivity index (χ0n) is 14.4. The molecule has 3 aromatic rings. The Hall–Kier alpha value is -2.92. The number of aromatic amines is 1. The van der Waals surface area contributed by atoms with Gasteiger partial charge in [-0.05, 0) is 18.4 Å². The summed E-state index contributed by atoms with van der Waals surface area (Å²) in [7, 11) is 0. The molecule has 2 N–H and O–H groups in total. The van der Waals surface area contributed by atoms with Crippen LogP contribution in [0.25, 0.3) is 11.3 Å². The van der Waals surface area contributed by atoms with Crippen molar-refractivity contribution in [2.24, 2.45) is 0 Å². The first-order valence-electron chi connectivity index (χ1n) is 8.83. The van der Waals surface area contributed by atoms with E-state index in [1.54, 1.807) is 11.1 Å². The zero-order valence-corrected chi connectivity index (χ0v) is 14.4. The van der Waals surface area contributed by atoms with Crippen molar-refractivity contribution >= 4 is 5.91 Å². The molecular weight excluding hydrogens is 326 g/mol. The quantitative estimate of drug-likeness (QED) is 0.764. The number of likely N-dealkylation sites (tertiary alicyclic amines) is 1. The van der Waals surface area contributed by atoms with Crippen LogP contribution in [0.4, 0.5) is 0 Å². The number of rotatable bonds is 3. The minimum Gasteiger partial charge on any atom is -0.385 e. The van der Waals surface area contributed by atoms with Crippen molar-refractivity contribution in [3.8, 4) is 11.3 Å². The molecule has 1 aromatic heterocycles. The molecule has 26 heavy (non-hydrogen) atoms.